The van der Waals surface area contributed by atoms with E-state index in [2.05, 4.69) is 0 Å². The average molecular weight is 413 g/mol. The van der Waals surface area contributed by atoms with E-state index in [0.717, 1.165) is 19.3 Å². The van der Waals surface area contributed by atoms with Crippen LogP contribution in [0.25, 0.3) is 0 Å². The number of aliphatic carboxylic acids is 1. The van der Waals surface area contributed by atoms with Gasteiger partial charge in [-0.25, -0.2) is 0 Å². The van der Waals surface area contributed by atoms with Gasteiger partial charge in [0.05, 0.1) is 12.5 Å². The van der Waals surface area contributed by atoms with Gasteiger partial charge >= 0.3 is 11.9 Å². The van der Waals surface area contributed by atoms with E-state index in [4.69, 9.17) is 9.84 Å². The van der Waals surface area contributed by atoms with Gasteiger partial charge in [0.1, 0.15) is 0 Å². The number of ether oxygens (including phenoxy) is 1. The highest BCUT2D eigenvalue weighted by atomic mass is 16.5. The van der Waals surface area contributed by atoms with Gasteiger partial charge in [0.2, 0.25) is 0 Å². The van der Waals surface area contributed by atoms with Gasteiger partial charge in [-0.2, -0.15) is 0 Å². The zero-order valence-corrected chi connectivity index (χ0v) is 18.7. The number of esters is 1. The third kappa shape index (κ3) is 11.4. The Labute approximate surface area is 181 Å². The van der Waals surface area contributed by atoms with Crippen LogP contribution in [0, 0.1) is 17.8 Å². The second-order valence-corrected chi connectivity index (χ2v) is 8.27. The lowest BCUT2D eigenvalue weighted by Gasteiger charge is -2.15. The minimum Gasteiger partial charge on any atom is -0.481 e. The molecule has 2 aromatic rings. The molecular weight excluding hydrogens is 376 g/mol. The summed E-state index contributed by atoms with van der Waals surface area (Å²) < 4.78 is 5.12. The van der Waals surface area contributed by atoms with Crippen molar-refractivity contribution in [1.82, 2.24) is 0 Å². The van der Waals surface area contributed by atoms with E-state index in [0.29, 0.717) is 18.9 Å². The Morgan fingerprint density at radius 1 is 0.833 bits per heavy atom. The van der Waals surface area contributed by atoms with Gasteiger partial charge in [0, 0.05) is 12.8 Å². The van der Waals surface area contributed by atoms with Crippen molar-refractivity contribution < 1.29 is 19.4 Å². The number of benzene rings is 2. The molecule has 0 fully saturated rings. The van der Waals surface area contributed by atoms with Crippen molar-refractivity contribution in [3.05, 3.63) is 71.8 Å². The van der Waals surface area contributed by atoms with E-state index in [1.165, 1.54) is 11.1 Å². The molecule has 0 radical (unpaired) electrons. The monoisotopic (exact) mass is 412 g/mol. The van der Waals surface area contributed by atoms with Crippen LogP contribution >= 0.6 is 0 Å². The zero-order chi connectivity index (χ0) is 22.4. The molecule has 0 amide bonds. The number of carboxylic acid groups (broad SMARTS) is 1. The van der Waals surface area contributed by atoms with Crippen LogP contribution in [0.15, 0.2) is 60.7 Å². The first-order valence-electron chi connectivity index (χ1n) is 10.8. The fourth-order valence-electron chi connectivity index (χ4n) is 3.03. The molecule has 0 aliphatic carbocycles. The van der Waals surface area contributed by atoms with Gasteiger partial charge in [-0.1, -0.05) is 88.4 Å². The van der Waals surface area contributed by atoms with Crippen molar-refractivity contribution in [3.63, 3.8) is 0 Å². The van der Waals surface area contributed by atoms with Crippen molar-refractivity contribution in [2.45, 2.75) is 53.4 Å². The third-order valence-electron chi connectivity index (χ3n) is 4.78. The number of hydrogen-bond donors (Lipinski definition) is 1. The SMILES string of the molecule is CC(C)C(CCc1ccccc1)C(=O)O.CC(C)CC(=O)OCCc1ccccc1. The van der Waals surface area contributed by atoms with Crippen LogP contribution in [0.1, 0.15) is 51.7 Å². The van der Waals surface area contributed by atoms with Crippen LogP contribution in [-0.2, 0) is 27.2 Å². The quantitative estimate of drug-likeness (QED) is 0.501. The maximum absolute atomic E-state index is 11.2. The summed E-state index contributed by atoms with van der Waals surface area (Å²) >= 11 is 0. The first-order valence-corrected chi connectivity index (χ1v) is 10.8. The molecule has 2 aromatic carbocycles. The Bertz CT molecular complexity index is 721. The summed E-state index contributed by atoms with van der Waals surface area (Å²) in [6, 6.07) is 20.1. The van der Waals surface area contributed by atoms with Gasteiger partial charge in [-0.05, 0) is 35.8 Å². The van der Waals surface area contributed by atoms with E-state index in [1.807, 2.05) is 88.4 Å². The van der Waals surface area contributed by atoms with Crippen LogP contribution in [0.4, 0.5) is 0 Å². The molecule has 1 N–H and O–H groups in total. The van der Waals surface area contributed by atoms with Crippen molar-refractivity contribution in [3.8, 4) is 0 Å². The van der Waals surface area contributed by atoms with Gasteiger partial charge in [-0.15, -0.1) is 0 Å². The molecule has 1 atom stereocenters. The fourth-order valence-corrected chi connectivity index (χ4v) is 3.03. The molecule has 0 saturated carbocycles. The lowest BCUT2D eigenvalue weighted by atomic mass is 9.90. The summed E-state index contributed by atoms with van der Waals surface area (Å²) in [5, 5.41) is 9.02. The molecule has 0 aliphatic heterocycles. The van der Waals surface area contributed by atoms with Crippen LogP contribution in [0.3, 0.4) is 0 Å². The molecular formula is C26H36O4. The lowest BCUT2D eigenvalue weighted by Crippen LogP contribution is -2.20. The summed E-state index contributed by atoms with van der Waals surface area (Å²) in [7, 11) is 0. The molecule has 4 nitrogen and oxygen atoms in total. The predicted molar refractivity (Wildman–Crippen MR) is 121 cm³/mol. The minimum absolute atomic E-state index is 0.0964. The Kier molecular flexibility index (Phi) is 12.2. The summed E-state index contributed by atoms with van der Waals surface area (Å²) in [5.41, 5.74) is 2.42. The summed E-state index contributed by atoms with van der Waals surface area (Å²) in [5.74, 6) is -0.437. The lowest BCUT2D eigenvalue weighted by molar-refractivity contribution is -0.145. The second kappa shape index (κ2) is 14.4. The molecule has 30 heavy (non-hydrogen) atoms. The Balaban J connectivity index is 0.000000300. The van der Waals surface area contributed by atoms with Crippen LogP contribution in [0.5, 0.6) is 0 Å². The third-order valence-corrected chi connectivity index (χ3v) is 4.78. The molecule has 0 spiro atoms. The van der Waals surface area contributed by atoms with E-state index in [1.54, 1.807) is 0 Å². The molecule has 4 heteroatoms. The van der Waals surface area contributed by atoms with E-state index >= 15 is 0 Å². The van der Waals surface area contributed by atoms with Crippen molar-refractivity contribution in [1.29, 1.82) is 0 Å². The standard InChI is InChI=1S/2C13H18O2/c1-11(2)10-13(14)15-9-8-12-6-4-3-5-7-12;1-10(2)12(13(14)15)9-8-11-6-4-3-5-7-11/h3-7,11H,8-10H2,1-2H3;3-7,10,12H,8-9H2,1-2H3,(H,14,15). The predicted octanol–water partition coefficient (Wildman–Crippen LogP) is 5.79. The number of carbonyl (C=O) groups excluding carboxylic acids is 1. The Hall–Kier alpha value is -2.62. The fraction of sp³-hybridized carbons (Fsp3) is 0.462. The topological polar surface area (TPSA) is 63.6 Å². The average Bonchev–Trinajstić information content (AvgIpc) is 2.69. The molecule has 0 saturated heterocycles. The van der Waals surface area contributed by atoms with Crippen molar-refractivity contribution in [2.24, 2.45) is 17.8 Å². The van der Waals surface area contributed by atoms with Crippen LogP contribution in [-0.4, -0.2) is 23.7 Å². The number of carbonyl (C=O) groups is 2. The Morgan fingerprint density at radius 2 is 1.33 bits per heavy atom. The van der Waals surface area contributed by atoms with E-state index in [-0.39, 0.29) is 17.8 Å². The first kappa shape index (κ1) is 25.4. The summed E-state index contributed by atoms with van der Waals surface area (Å²) in [4.78, 5) is 22.2. The molecule has 2 rings (SSSR count). The van der Waals surface area contributed by atoms with Crippen molar-refractivity contribution in [2.75, 3.05) is 6.61 Å². The molecule has 0 aromatic heterocycles. The van der Waals surface area contributed by atoms with Gasteiger partial charge in [0.25, 0.3) is 0 Å². The minimum atomic E-state index is -0.680. The van der Waals surface area contributed by atoms with Crippen LogP contribution < -0.4 is 0 Å². The summed E-state index contributed by atoms with van der Waals surface area (Å²) in [6.45, 7) is 8.43. The van der Waals surface area contributed by atoms with E-state index in [9.17, 15) is 9.59 Å². The van der Waals surface area contributed by atoms with E-state index < -0.39 is 5.97 Å². The molecule has 164 valence electrons. The normalized spacial score (nSPS) is 11.5. The Morgan fingerprint density at radius 3 is 1.77 bits per heavy atom. The van der Waals surface area contributed by atoms with Gasteiger partial charge in [-0.3, -0.25) is 9.59 Å². The van der Waals surface area contributed by atoms with Gasteiger partial charge in [0.15, 0.2) is 0 Å². The zero-order valence-electron chi connectivity index (χ0n) is 18.7. The number of carboxylic acids is 1. The molecule has 0 heterocycles. The van der Waals surface area contributed by atoms with Crippen molar-refractivity contribution >= 4 is 11.9 Å². The second-order valence-electron chi connectivity index (χ2n) is 8.27. The van der Waals surface area contributed by atoms with Crippen LogP contribution in [0.2, 0.25) is 0 Å². The number of aryl methyl sites for hydroxylation is 1. The van der Waals surface area contributed by atoms with Gasteiger partial charge < -0.3 is 9.84 Å². The molecule has 1 unspecified atom stereocenters. The largest absolute Gasteiger partial charge is 0.481 e. The number of hydrogen-bond acceptors (Lipinski definition) is 3. The highest BCUT2D eigenvalue weighted by Gasteiger charge is 2.20. The molecule has 0 aliphatic rings. The highest BCUT2D eigenvalue weighted by Crippen LogP contribution is 2.18. The smallest absolute Gasteiger partial charge is 0.306 e. The first-order chi connectivity index (χ1) is 14.3. The maximum atomic E-state index is 11.2. The maximum Gasteiger partial charge on any atom is 0.306 e. The number of rotatable bonds is 10. The highest BCUT2D eigenvalue weighted by molar-refractivity contribution is 5.70. The summed E-state index contributed by atoms with van der Waals surface area (Å²) in [6.07, 6.45) is 2.87. The molecule has 0 bridgehead atoms.